The van der Waals surface area contributed by atoms with E-state index in [1.807, 2.05) is 0 Å². The van der Waals surface area contributed by atoms with E-state index in [2.05, 4.69) is 21.9 Å². The van der Waals surface area contributed by atoms with E-state index >= 15 is 0 Å². The van der Waals surface area contributed by atoms with Crippen LogP contribution in [0.5, 0.6) is 5.75 Å². The maximum atomic E-state index is 14.0. The summed E-state index contributed by atoms with van der Waals surface area (Å²) < 4.78 is 10.0. The highest BCUT2D eigenvalue weighted by molar-refractivity contribution is 5.93. The summed E-state index contributed by atoms with van der Waals surface area (Å²) in [6.07, 6.45) is 0.886. The maximum absolute atomic E-state index is 14.0. The number of nitrogens with one attached hydrogen (secondary N) is 2. The SMILES string of the molecule is C=Cc1cccc(C(C(=O)NCC(=O)OC)N(CC)C(=O)C(Cc2ccc(O)cc2)NC(=O)OC(C)(C)C)c1. The molecule has 0 heterocycles. The first-order valence-electron chi connectivity index (χ1n) is 12.5. The van der Waals surface area contributed by atoms with Crippen LogP contribution in [0.15, 0.2) is 55.1 Å². The lowest BCUT2D eigenvalue weighted by atomic mass is 9.99. The summed E-state index contributed by atoms with van der Waals surface area (Å²) >= 11 is 0. The molecule has 10 nitrogen and oxygen atoms in total. The Morgan fingerprint density at radius 1 is 1.10 bits per heavy atom. The van der Waals surface area contributed by atoms with Crippen molar-refractivity contribution in [3.05, 3.63) is 71.8 Å². The quantitative estimate of drug-likeness (QED) is 0.373. The second-order valence-electron chi connectivity index (χ2n) is 9.76. The second kappa shape index (κ2) is 14.0. The van der Waals surface area contributed by atoms with Gasteiger partial charge < -0.3 is 30.1 Å². The number of amides is 3. The molecule has 0 aromatic heterocycles. The normalized spacial score (nSPS) is 12.4. The van der Waals surface area contributed by atoms with Crippen molar-refractivity contribution in [2.24, 2.45) is 0 Å². The van der Waals surface area contributed by atoms with Crippen molar-refractivity contribution >= 4 is 30.0 Å². The zero-order chi connectivity index (χ0) is 29.2. The van der Waals surface area contributed by atoms with Crippen LogP contribution in [-0.2, 0) is 30.3 Å². The van der Waals surface area contributed by atoms with Crippen molar-refractivity contribution in [3.63, 3.8) is 0 Å². The Morgan fingerprint density at radius 3 is 2.33 bits per heavy atom. The van der Waals surface area contributed by atoms with Crippen LogP contribution >= 0.6 is 0 Å². The number of ether oxygens (including phenoxy) is 2. The van der Waals surface area contributed by atoms with Gasteiger partial charge in [0.2, 0.25) is 11.8 Å². The van der Waals surface area contributed by atoms with E-state index < -0.39 is 41.6 Å². The Bertz CT molecular complexity index is 1170. The van der Waals surface area contributed by atoms with Crippen molar-refractivity contribution in [2.45, 2.75) is 51.8 Å². The van der Waals surface area contributed by atoms with Crippen molar-refractivity contribution in [3.8, 4) is 5.75 Å². The molecule has 3 amide bonds. The molecule has 2 aromatic rings. The number of esters is 1. The molecule has 210 valence electrons. The van der Waals surface area contributed by atoms with Gasteiger partial charge in [0.15, 0.2) is 0 Å². The molecule has 0 aliphatic carbocycles. The molecular formula is C29H37N3O7. The monoisotopic (exact) mass is 539 g/mol. The number of rotatable bonds is 11. The average molecular weight is 540 g/mol. The minimum absolute atomic E-state index is 0.0568. The van der Waals surface area contributed by atoms with Gasteiger partial charge >= 0.3 is 12.1 Å². The third-order valence-electron chi connectivity index (χ3n) is 5.65. The zero-order valence-electron chi connectivity index (χ0n) is 23.0. The number of methoxy groups -OCH3 is 1. The van der Waals surface area contributed by atoms with Crippen LogP contribution in [-0.4, -0.2) is 65.7 Å². The highest BCUT2D eigenvalue weighted by atomic mass is 16.6. The van der Waals surface area contributed by atoms with Gasteiger partial charge in [0.1, 0.15) is 30.0 Å². The van der Waals surface area contributed by atoms with Gasteiger partial charge in [0.25, 0.3) is 0 Å². The third-order valence-corrected chi connectivity index (χ3v) is 5.65. The predicted molar refractivity (Wildman–Crippen MR) is 147 cm³/mol. The first-order chi connectivity index (χ1) is 18.4. The molecule has 0 aliphatic heterocycles. The van der Waals surface area contributed by atoms with E-state index in [1.54, 1.807) is 70.2 Å². The summed E-state index contributed by atoms with van der Waals surface area (Å²) in [4.78, 5) is 53.2. The second-order valence-corrected chi connectivity index (χ2v) is 9.76. The molecule has 0 bridgehead atoms. The smallest absolute Gasteiger partial charge is 0.408 e. The molecule has 2 unspecified atom stereocenters. The average Bonchev–Trinajstić information content (AvgIpc) is 2.89. The molecular weight excluding hydrogens is 502 g/mol. The fourth-order valence-electron chi connectivity index (χ4n) is 3.84. The molecule has 0 saturated heterocycles. The molecule has 10 heteroatoms. The van der Waals surface area contributed by atoms with Gasteiger partial charge in [-0.3, -0.25) is 14.4 Å². The Morgan fingerprint density at radius 2 is 1.77 bits per heavy atom. The number of alkyl carbamates (subject to hydrolysis) is 1. The molecule has 2 rings (SSSR count). The standard InChI is InChI=1S/C29H37N3O7/c1-7-19-10-9-11-21(16-19)25(26(35)30-18-24(34)38-6)32(8-2)27(36)23(31-28(37)39-29(3,4)5)17-20-12-14-22(33)15-13-20/h7,9-16,23,25,33H,1,8,17-18H2,2-6H3,(H,30,35)(H,31,37). The van der Waals surface area contributed by atoms with E-state index in [0.29, 0.717) is 11.1 Å². The number of hydrogen-bond acceptors (Lipinski definition) is 7. The number of benzene rings is 2. The highest BCUT2D eigenvalue weighted by Crippen LogP contribution is 2.25. The van der Waals surface area contributed by atoms with E-state index in [4.69, 9.17) is 4.74 Å². The predicted octanol–water partition coefficient (Wildman–Crippen LogP) is 3.35. The number of phenols is 1. The number of carbonyl (C=O) groups excluding carboxylic acids is 4. The lowest BCUT2D eigenvalue weighted by molar-refractivity contribution is -0.144. The minimum atomic E-state index is -1.13. The number of likely N-dealkylation sites (N-methyl/N-ethyl adjacent to an activating group) is 1. The first kappa shape index (κ1) is 30.9. The largest absolute Gasteiger partial charge is 0.508 e. The van der Waals surface area contributed by atoms with E-state index in [9.17, 15) is 24.3 Å². The van der Waals surface area contributed by atoms with Crippen molar-refractivity contribution in [1.29, 1.82) is 0 Å². The number of phenolic OH excluding ortho intramolecular Hbond substituents is 1. The number of carbonyl (C=O) groups is 4. The Hall–Kier alpha value is -4.34. The van der Waals surface area contributed by atoms with Gasteiger partial charge in [-0.2, -0.15) is 0 Å². The molecule has 0 saturated carbocycles. The van der Waals surface area contributed by atoms with Gasteiger partial charge in [-0.05, 0) is 62.6 Å². The van der Waals surface area contributed by atoms with Crippen LogP contribution in [0.25, 0.3) is 6.08 Å². The number of hydrogen-bond donors (Lipinski definition) is 3. The molecule has 0 aliphatic rings. The molecule has 2 atom stereocenters. The van der Waals surface area contributed by atoms with Crippen LogP contribution in [0.3, 0.4) is 0 Å². The summed E-state index contributed by atoms with van der Waals surface area (Å²) in [6, 6.07) is 10.9. The fourth-order valence-corrected chi connectivity index (χ4v) is 3.84. The summed E-state index contributed by atoms with van der Waals surface area (Å²) in [6.45, 7) is 10.3. The van der Waals surface area contributed by atoms with E-state index in [1.165, 1.54) is 24.1 Å². The van der Waals surface area contributed by atoms with Crippen LogP contribution in [0.2, 0.25) is 0 Å². The fraction of sp³-hybridized carbons (Fsp3) is 0.379. The molecule has 39 heavy (non-hydrogen) atoms. The van der Waals surface area contributed by atoms with Crippen LogP contribution in [0.1, 0.15) is 50.4 Å². The van der Waals surface area contributed by atoms with E-state index in [0.717, 1.165) is 5.56 Å². The zero-order valence-corrected chi connectivity index (χ0v) is 23.0. The molecule has 3 N–H and O–H groups in total. The van der Waals surface area contributed by atoms with Crippen LogP contribution in [0, 0.1) is 0 Å². The maximum Gasteiger partial charge on any atom is 0.408 e. The molecule has 0 radical (unpaired) electrons. The summed E-state index contributed by atoms with van der Waals surface area (Å²) in [5.41, 5.74) is 1.08. The Kier molecular flexibility index (Phi) is 11.1. The third kappa shape index (κ3) is 9.48. The number of aromatic hydroxyl groups is 1. The summed E-state index contributed by atoms with van der Waals surface area (Å²) in [7, 11) is 1.21. The molecule has 0 spiro atoms. The summed E-state index contributed by atoms with van der Waals surface area (Å²) in [5, 5.41) is 14.8. The highest BCUT2D eigenvalue weighted by Gasteiger charge is 2.36. The van der Waals surface area contributed by atoms with Crippen LogP contribution < -0.4 is 10.6 Å². The Labute approximate surface area is 229 Å². The topological polar surface area (TPSA) is 134 Å². The van der Waals surface area contributed by atoms with Crippen molar-refractivity contribution in [2.75, 3.05) is 20.2 Å². The van der Waals surface area contributed by atoms with Gasteiger partial charge in [-0.15, -0.1) is 0 Å². The summed E-state index contributed by atoms with van der Waals surface area (Å²) in [5.74, 6) is -1.73. The molecule has 0 fully saturated rings. The van der Waals surface area contributed by atoms with E-state index in [-0.39, 0.29) is 25.3 Å². The van der Waals surface area contributed by atoms with Gasteiger partial charge in [0.05, 0.1) is 7.11 Å². The van der Waals surface area contributed by atoms with Gasteiger partial charge in [-0.25, -0.2) is 4.79 Å². The first-order valence-corrected chi connectivity index (χ1v) is 12.5. The molecule has 2 aromatic carbocycles. The lowest BCUT2D eigenvalue weighted by Crippen LogP contribution is -2.54. The van der Waals surface area contributed by atoms with Crippen molar-refractivity contribution in [1.82, 2.24) is 15.5 Å². The minimum Gasteiger partial charge on any atom is -0.508 e. The van der Waals surface area contributed by atoms with Gasteiger partial charge in [0, 0.05) is 13.0 Å². The number of nitrogens with zero attached hydrogens (tertiary/aromatic N) is 1. The van der Waals surface area contributed by atoms with Crippen LogP contribution in [0.4, 0.5) is 4.79 Å². The lowest BCUT2D eigenvalue weighted by Gasteiger charge is -2.34. The Balaban J connectivity index is 2.50. The van der Waals surface area contributed by atoms with Crippen molar-refractivity contribution < 1.29 is 33.8 Å². The van der Waals surface area contributed by atoms with Gasteiger partial charge in [-0.1, -0.05) is 43.0 Å².